The summed E-state index contributed by atoms with van der Waals surface area (Å²) >= 11 is 12.0. The van der Waals surface area contributed by atoms with Gasteiger partial charge >= 0.3 is 6.03 Å². The molecular formula is C15H9Cl2N3O3. The summed E-state index contributed by atoms with van der Waals surface area (Å²) in [5, 5.41) is 11.5. The van der Waals surface area contributed by atoms with Crippen LogP contribution in [0.25, 0.3) is 17.4 Å². The number of carbonyl (C=O) groups excluding carboxylic acids is 2. The largest absolute Gasteiger partial charge is 0.457 e. The summed E-state index contributed by atoms with van der Waals surface area (Å²) in [6.07, 6.45) is 1.18. The second kappa shape index (κ2) is 7.01. The number of hydrogen-bond acceptors (Lipinski definition) is 4. The number of benzene rings is 1. The predicted octanol–water partition coefficient (Wildman–Crippen LogP) is 3.36. The maximum atomic E-state index is 11.6. The Morgan fingerprint density at radius 2 is 2.00 bits per heavy atom. The number of rotatable bonds is 3. The summed E-state index contributed by atoms with van der Waals surface area (Å²) in [6.45, 7) is 0. The number of hydrogen-bond donors (Lipinski definition) is 2. The molecule has 0 radical (unpaired) electrons. The van der Waals surface area contributed by atoms with Crippen molar-refractivity contribution in [2.45, 2.75) is 0 Å². The summed E-state index contributed by atoms with van der Waals surface area (Å²) in [7, 11) is 0. The third-order valence-corrected chi connectivity index (χ3v) is 3.55. The Hall–Kier alpha value is -2.75. The molecule has 0 aliphatic heterocycles. The van der Waals surface area contributed by atoms with E-state index in [0.29, 0.717) is 21.4 Å². The lowest BCUT2D eigenvalue weighted by Gasteiger charge is -2.02. The minimum Gasteiger partial charge on any atom is -0.457 e. The van der Waals surface area contributed by atoms with Crippen molar-refractivity contribution in [1.82, 2.24) is 5.32 Å². The Bertz CT molecular complexity index is 850. The number of carbonyl (C=O) groups is 2. The SMILES string of the molecule is N#C/C(=C\c1ccc(-c2cccc(Cl)c2Cl)o1)C(=O)NC(N)=O. The molecule has 0 saturated heterocycles. The second-order valence-corrected chi connectivity index (χ2v) is 5.08. The zero-order chi connectivity index (χ0) is 17.0. The van der Waals surface area contributed by atoms with Gasteiger partial charge in [0.25, 0.3) is 5.91 Å². The van der Waals surface area contributed by atoms with Gasteiger partial charge in [0.1, 0.15) is 23.2 Å². The highest BCUT2D eigenvalue weighted by atomic mass is 35.5. The van der Waals surface area contributed by atoms with Crippen molar-refractivity contribution in [1.29, 1.82) is 5.26 Å². The Kier molecular flexibility index (Phi) is 5.06. The van der Waals surface area contributed by atoms with Crippen molar-refractivity contribution in [2.75, 3.05) is 0 Å². The van der Waals surface area contributed by atoms with Crippen molar-refractivity contribution >= 4 is 41.2 Å². The Morgan fingerprint density at radius 1 is 1.26 bits per heavy atom. The highest BCUT2D eigenvalue weighted by Crippen LogP contribution is 2.34. The third kappa shape index (κ3) is 3.92. The number of furan rings is 1. The van der Waals surface area contributed by atoms with E-state index in [1.54, 1.807) is 41.7 Å². The van der Waals surface area contributed by atoms with E-state index in [1.807, 2.05) is 0 Å². The first kappa shape index (κ1) is 16.6. The van der Waals surface area contributed by atoms with Gasteiger partial charge in [0.2, 0.25) is 0 Å². The summed E-state index contributed by atoms with van der Waals surface area (Å²) in [6, 6.07) is 8.83. The molecule has 0 atom stereocenters. The third-order valence-electron chi connectivity index (χ3n) is 2.73. The minimum absolute atomic E-state index is 0.229. The maximum absolute atomic E-state index is 11.6. The molecule has 0 aliphatic carbocycles. The van der Waals surface area contributed by atoms with Crippen molar-refractivity contribution in [3.05, 3.63) is 51.7 Å². The van der Waals surface area contributed by atoms with Gasteiger partial charge in [-0.2, -0.15) is 5.26 Å². The molecule has 1 aromatic heterocycles. The van der Waals surface area contributed by atoms with E-state index >= 15 is 0 Å². The van der Waals surface area contributed by atoms with E-state index in [-0.39, 0.29) is 11.3 Å². The van der Waals surface area contributed by atoms with Crippen LogP contribution in [0, 0.1) is 11.3 Å². The predicted molar refractivity (Wildman–Crippen MR) is 85.5 cm³/mol. The fourth-order valence-electron chi connectivity index (χ4n) is 1.74. The van der Waals surface area contributed by atoms with Crippen LogP contribution in [0.3, 0.4) is 0 Å². The zero-order valence-corrected chi connectivity index (χ0v) is 13.0. The fourth-order valence-corrected chi connectivity index (χ4v) is 2.13. The lowest BCUT2D eigenvalue weighted by molar-refractivity contribution is -0.115. The zero-order valence-electron chi connectivity index (χ0n) is 11.5. The van der Waals surface area contributed by atoms with Crippen LogP contribution in [0.15, 0.2) is 40.3 Å². The topological polar surface area (TPSA) is 109 Å². The van der Waals surface area contributed by atoms with Crippen molar-refractivity contribution in [3.63, 3.8) is 0 Å². The number of nitrogens with zero attached hydrogens (tertiary/aromatic N) is 1. The summed E-state index contributed by atoms with van der Waals surface area (Å²) < 4.78 is 5.53. The summed E-state index contributed by atoms with van der Waals surface area (Å²) in [5.74, 6) is -0.276. The van der Waals surface area contributed by atoms with Crippen LogP contribution in [-0.2, 0) is 4.79 Å². The van der Waals surface area contributed by atoms with E-state index in [4.69, 9.17) is 38.6 Å². The minimum atomic E-state index is -1.05. The van der Waals surface area contributed by atoms with Gasteiger partial charge in [-0.05, 0) is 24.3 Å². The van der Waals surface area contributed by atoms with Crippen LogP contribution < -0.4 is 11.1 Å². The lowest BCUT2D eigenvalue weighted by Crippen LogP contribution is -2.35. The molecule has 2 aromatic rings. The van der Waals surface area contributed by atoms with Crippen LogP contribution in [0.5, 0.6) is 0 Å². The molecule has 8 heteroatoms. The first-order valence-electron chi connectivity index (χ1n) is 6.19. The van der Waals surface area contributed by atoms with Gasteiger partial charge in [-0.15, -0.1) is 0 Å². The molecule has 6 nitrogen and oxygen atoms in total. The van der Waals surface area contributed by atoms with E-state index in [2.05, 4.69) is 0 Å². The second-order valence-electron chi connectivity index (χ2n) is 4.29. The van der Waals surface area contributed by atoms with Crippen LogP contribution in [0.1, 0.15) is 5.76 Å². The molecule has 0 bridgehead atoms. The van der Waals surface area contributed by atoms with Gasteiger partial charge in [-0.1, -0.05) is 29.3 Å². The number of nitrogens with two attached hydrogens (primary N) is 1. The number of imide groups is 1. The number of amides is 3. The van der Waals surface area contributed by atoms with Crippen LogP contribution >= 0.6 is 23.2 Å². The van der Waals surface area contributed by atoms with Crippen molar-refractivity contribution < 1.29 is 14.0 Å². The molecule has 3 amide bonds. The summed E-state index contributed by atoms with van der Waals surface area (Å²) in [4.78, 5) is 22.2. The molecule has 1 aromatic carbocycles. The van der Waals surface area contributed by atoms with E-state index in [1.165, 1.54) is 6.08 Å². The van der Waals surface area contributed by atoms with E-state index in [9.17, 15) is 9.59 Å². The molecule has 3 N–H and O–H groups in total. The van der Waals surface area contributed by atoms with Crippen molar-refractivity contribution in [2.24, 2.45) is 5.73 Å². The molecule has 116 valence electrons. The van der Waals surface area contributed by atoms with Gasteiger partial charge in [0.05, 0.1) is 10.0 Å². The van der Waals surface area contributed by atoms with Gasteiger partial charge < -0.3 is 10.2 Å². The van der Waals surface area contributed by atoms with Crippen LogP contribution in [0.2, 0.25) is 10.0 Å². The molecule has 2 rings (SSSR count). The normalized spacial score (nSPS) is 10.9. The van der Waals surface area contributed by atoms with Gasteiger partial charge in [-0.25, -0.2) is 4.79 Å². The molecule has 23 heavy (non-hydrogen) atoms. The monoisotopic (exact) mass is 349 g/mol. The molecule has 0 fully saturated rings. The number of urea groups is 1. The number of nitrogens with one attached hydrogen (secondary N) is 1. The number of nitriles is 1. The molecule has 0 spiro atoms. The highest BCUT2D eigenvalue weighted by molar-refractivity contribution is 6.43. The van der Waals surface area contributed by atoms with Gasteiger partial charge in [0, 0.05) is 11.6 Å². The average molecular weight is 350 g/mol. The quantitative estimate of drug-likeness (QED) is 0.653. The Morgan fingerprint density at radius 3 is 2.65 bits per heavy atom. The van der Waals surface area contributed by atoms with E-state index in [0.717, 1.165) is 0 Å². The first-order valence-corrected chi connectivity index (χ1v) is 6.94. The number of primary amides is 1. The molecule has 1 heterocycles. The van der Waals surface area contributed by atoms with Crippen LogP contribution in [0.4, 0.5) is 4.79 Å². The maximum Gasteiger partial charge on any atom is 0.319 e. The Labute approximate surface area is 141 Å². The highest BCUT2D eigenvalue weighted by Gasteiger charge is 2.14. The molecule has 0 aliphatic rings. The Balaban J connectivity index is 2.33. The molecular weight excluding hydrogens is 341 g/mol. The van der Waals surface area contributed by atoms with E-state index < -0.39 is 11.9 Å². The van der Waals surface area contributed by atoms with Gasteiger partial charge in [-0.3, -0.25) is 10.1 Å². The van der Waals surface area contributed by atoms with Gasteiger partial charge in [0.15, 0.2) is 0 Å². The van der Waals surface area contributed by atoms with Crippen LogP contribution in [-0.4, -0.2) is 11.9 Å². The molecule has 0 saturated carbocycles. The number of halogens is 2. The lowest BCUT2D eigenvalue weighted by atomic mass is 10.2. The molecule has 0 unspecified atom stereocenters. The summed E-state index contributed by atoms with van der Waals surface area (Å²) in [5.41, 5.74) is 5.07. The van der Waals surface area contributed by atoms with Crippen molar-refractivity contribution in [3.8, 4) is 17.4 Å². The smallest absolute Gasteiger partial charge is 0.319 e. The fraction of sp³-hybridized carbons (Fsp3) is 0. The average Bonchev–Trinajstić information content (AvgIpc) is 2.95. The standard InChI is InChI=1S/C15H9Cl2N3O3/c16-11-3-1-2-10(13(11)17)12-5-4-9(23-12)6-8(7-18)14(21)20-15(19)22/h1-6H,(H3,19,20,21,22)/b8-6+. The first-order chi connectivity index (χ1) is 10.9.